The highest BCUT2D eigenvalue weighted by atomic mass is 16.5. The molecule has 1 atom stereocenters. The van der Waals surface area contributed by atoms with E-state index in [1.54, 1.807) is 53.1 Å². The van der Waals surface area contributed by atoms with E-state index in [0.717, 1.165) is 29.7 Å². The first-order valence-corrected chi connectivity index (χ1v) is 11.0. The van der Waals surface area contributed by atoms with Crippen LogP contribution in [-0.2, 0) is 23.0 Å². The molecule has 1 aromatic heterocycles. The zero-order valence-electron chi connectivity index (χ0n) is 19.6. The van der Waals surface area contributed by atoms with Crippen LogP contribution < -0.4 is 15.0 Å². The average molecular weight is 452 g/mol. The van der Waals surface area contributed by atoms with Crippen LogP contribution >= 0.6 is 0 Å². The molecule has 0 radical (unpaired) electrons. The Kier molecular flexibility index (Phi) is 5.93. The molecule has 4 rings (SSSR count). The number of hydrogen-bond donors (Lipinski definition) is 1. The van der Waals surface area contributed by atoms with Crippen LogP contribution in [-0.4, -0.2) is 35.0 Å². The first-order chi connectivity index (χ1) is 15.6. The lowest BCUT2D eigenvalue weighted by Crippen LogP contribution is -2.33. The maximum Gasteiger partial charge on any atom is 0.339 e. The van der Waals surface area contributed by atoms with Crippen molar-refractivity contribution >= 4 is 16.7 Å². The van der Waals surface area contributed by atoms with Crippen LogP contribution in [0.3, 0.4) is 0 Å². The van der Waals surface area contributed by atoms with Crippen molar-refractivity contribution < 1.29 is 24.1 Å². The molecule has 33 heavy (non-hydrogen) atoms. The predicted molar refractivity (Wildman–Crippen MR) is 126 cm³/mol. The van der Waals surface area contributed by atoms with Crippen molar-refractivity contribution in [3.05, 3.63) is 58.0 Å². The SMILES string of the molecule is COc1ccc2c(-c3ccc4c(c3)CCCO4)c(C(OC(C)(C)C)C(=O)O)n(C)c(=O)c2c1. The fraction of sp³-hybridized carbons (Fsp3) is 0.385. The van der Waals surface area contributed by atoms with E-state index in [1.165, 1.54) is 4.57 Å². The summed E-state index contributed by atoms with van der Waals surface area (Å²) in [6.07, 6.45) is 0.451. The van der Waals surface area contributed by atoms with Gasteiger partial charge in [0.2, 0.25) is 0 Å². The molecule has 0 spiro atoms. The number of nitrogens with zero attached hydrogens (tertiary/aromatic N) is 1. The second-order valence-corrected chi connectivity index (χ2v) is 9.26. The summed E-state index contributed by atoms with van der Waals surface area (Å²) in [5, 5.41) is 11.2. The second kappa shape index (κ2) is 8.56. The summed E-state index contributed by atoms with van der Waals surface area (Å²) in [5.74, 6) is 0.233. The summed E-state index contributed by atoms with van der Waals surface area (Å²) in [6, 6.07) is 11.1. The Hall–Kier alpha value is -3.32. The standard InChI is InChI=1S/C26H29NO6/c1-26(2,3)33-23(25(29)30)22-21(16-8-11-20-15(13-16)7-6-12-32-20)18-10-9-17(31-5)14-19(18)24(28)27(22)4/h8-11,13-14,23H,6-7,12H2,1-5H3,(H,29,30). The molecule has 174 valence electrons. The van der Waals surface area contributed by atoms with E-state index in [-0.39, 0.29) is 5.56 Å². The number of carbonyl (C=O) groups is 1. The van der Waals surface area contributed by atoms with Gasteiger partial charge in [-0.2, -0.15) is 0 Å². The molecule has 1 N–H and O–H groups in total. The number of aliphatic carboxylic acids is 1. The number of methoxy groups -OCH3 is 1. The number of aromatic nitrogens is 1. The highest BCUT2D eigenvalue weighted by Crippen LogP contribution is 2.39. The molecule has 1 aliphatic rings. The van der Waals surface area contributed by atoms with Gasteiger partial charge in [0.25, 0.3) is 5.56 Å². The number of ether oxygens (including phenoxy) is 3. The number of rotatable bonds is 5. The van der Waals surface area contributed by atoms with E-state index >= 15 is 0 Å². The topological polar surface area (TPSA) is 87.0 Å². The highest BCUT2D eigenvalue weighted by molar-refractivity contribution is 5.99. The number of carboxylic acids is 1. The van der Waals surface area contributed by atoms with Crippen LogP contribution in [0.4, 0.5) is 0 Å². The van der Waals surface area contributed by atoms with Crippen molar-refractivity contribution in [1.29, 1.82) is 0 Å². The number of aryl methyl sites for hydroxylation is 1. The molecule has 7 heteroatoms. The van der Waals surface area contributed by atoms with Crippen LogP contribution in [0.5, 0.6) is 11.5 Å². The number of hydrogen-bond acceptors (Lipinski definition) is 5. The zero-order chi connectivity index (χ0) is 23.9. The summed E-state index contributed by atoms with van der Waals surface area (Å²) in [4.78, 5) is 25.8. The molecule has 2 heterocycles. The van der Waals surface area contributed by atoms with Crippen molar-refractivity contribution in [1.82, 2.24) is 4.57 Å². The molecule has 0 saturated carbocycles. The van der Waals surface area contributed by atoms with Gasteiger partial charge < -0.3 is 23.9 Å². The number of fused-ring (bicyclic) bond motifs is 2. The second-order valence-electron chi connectivity index (χ2n) is 9.26. The third-order valence-corrected chi connectivity index (χ3v) is 5.79. The van der Waals surface area contributed by atoms with Gasteiger partial charge in [-0.05, 0) is 80.5 Å². The Morgan fingerprint density at radius 1 is 1.15 bits per heavy atom. The van der Waals surface area contributed by atoms with Gasteiger partial charge in [0.15, 0.2) is 6.10 Å². The molecule has 3 aromatic rings. The first kappa shape index (κ1) is 22.9. The van der Waals surface area contributed by atoms with E-state index in [9.17, 15) is 14.7 Å². The van der Waals surface area contributed by atoms with Gasteiger partial charge in [-0.25, -0.2) is 4.79 Å². The normalized spacial score (nSPS) is 14.5. The molecule has 0 saturated heterocycles. The van der Waals surface area contributed by atoms with Crippen LogP contribution in [0.15, 0.2) is 41.2 Å². The fourth-order valence-corrected chi connectivity index (χ4v) is 4.34. The van der Waals surface area contributed by atoms with Crippen molar-refractivity contribution in [2.45, 2.75) is 45.3 Å². The minimum atomic E-state index is -1.34. The average Bonchev–Trinajstić information content (AvgIpc) is 2.78. The van der Waals surface area contributed by atoms with Crippen molar-refractivity contribution in [3.63, 3.8) is 0 Å². The third kappa shape index (κ3) is 4.33. The molecular weight excluding hydrogens is 422 g/mol. The molecule has 2 aromatic carbocycles. The number of benzene rings is 2. The Morgan fingerprint density at radius 3 is 2.58 bits per heavy atom. The summed E-state index contributed by atoms with van der Waals surface area (Å²) in [6.45, 7) is 6.06. The van der Waals surface area contributed by atoms with Gasteiger partial charge >= 0.3 is 5.97 Å². The number of carboxylic acid groups (broad SMARTS) is 1. The third-order valence-electron chi connectivity index (χ3n) is 5.79. The smallest absolute Gasteiger partial charge is 0.339 e. The van der Waals surface area contributed by atoms with Gasteiger partial charge in [-0.1, -0.05) is 6.07 Å². The van der Waals surface area contributed by atoms with E-state index in [4.69, 9.17) is 14.2 Å². The number of pyridine rings is 1. The lowest BCUT2D eigenvalue weighted by molar-refractivity contribution is -0.161. The lowest BCUT2D eigenvalue weighted by Gasteiger charge is -2.29. The van der Waals surface area contributed by atoms with E-state index in [2.05, 4.69) is 0 Å². The molecule has 0 fully saturated rings. The monoisotopic (exact) mass is 451 g/mol. The summed E-state index contributed by atoms with van der Waals surface area (Å²) in [5.41, 5.74) is 1.77. The van der Waals surface area contributed by atoms with Crippen molar-refractivity contribution in [3.8, 4) is 22.6 Å². The van der Waals surface area contributed by atoms with Crippen molar-refractivity contribution in [2.24, 2.45) is 7.05 Å². The van der Waals surface area contributed by atoms with Gasteiger partial charge in [0.05, 0.1) is 30.4 Å². The van der Waals surface area contributed by atoms with Crippen LogP contribution in [0.25, 0.3) is 21.9 Å². The first-order valence-electron chi connectivity index (χ1n) is 11.0. The lowest BCUT2D eigenvalue weighted by atomic mass is 9.92. The van der Waals surface area contributed by atoms with E-state index < -0.39 is 17.7 Å². The minimum absolute atomic E-state index is 0.303. The minimum Gasteiger partial charge on any atom is -0.497 e. The Labute approximate surface area is 192 Å². The largest absolute Gasteiger partial charge is 0.497 e. The van der Waals surface area contributed by atoms with Crippen LogP contribution in [0.1, 0.15) is 44.6 Å². The van der Waals surface area contributed by atoms with E-state index in [1.807, 2.05) is 18.2 Å². The predicted octanol–water partition coefficient (Wildman–Crippen LogP) is 4.48. The van der Waals surface area contributed by atoms with Gasteiger partial charge in [-0.15, -0.1) is 0 Å². The Morgan fingerprint density at radius 2 is 1.91 bits per heavy atom. The molecule has 0 bridgehead atoms. The van der Waals surface area contributed by atoms with E-state index in [0.29, 0.717) is 34.4 Å². The van der Waals surface area contributed by atoms with Crippen LogP contribution in [0, 0.1) is 0 Å². The Bertz CT molecular complexity index is 1280. The summed E-state index contributed by atoms with van der Waals surface area (Å²) >= 11 is 0. The maximum atomic E-state index is 13.4. The fourth-order valence-electron chi connectivity index (χ4n) is 4.34. The van der Waals surface area contributed by atoms with Gasteiger partial charge in [0, 0.05) is 12.6 Å². The molecule has 0 amide bonds. The van der Waals surface area contributed by atoms with Crippen molar-refractivity contribution in [2.75, 3.05) is 13.7 Å². The quantitative estimate of drug-likeness (QED) is 0.616. The molecule has 1 unspecified atom stereocenters. The van der Waals surface area contributed by atoms with Gasteiger partial charge in [-0.3, -0.25) is 4.79 Å². The molecular formula is C26H29NO6. The molecule has 1 aliphatic heterocycles. The molecule has 0 aliphatic carbocycles. The highest BCUT2D eigenvalue weighted by Gasteiger charge is 2.33. The Balaban J connectivity index is 2.09. The molecule has 7 nitrogen and oxygen atoms in total. The summed E-state index contributed by atoms with van der Waals surface area (Å²) in [7, 11) is 3.13. The summed E-state index contributed by atoms with van der Waals surface area (Å²) < 4.78 is 18.5. The zero-order valence-corrected chi connectivity index (χ0v) is 19.6. The van der Waals surface area contributed by atoms with Gasteiger partial charge in [0.1, 0.15) is 11.5 Å². The maximum absolute atomic E-state index is 13.4. The van der Waals surface area contributed by atoms with Crippen LogP contribution in [0.2, 0.25) is 0 Å².